The highest BCUT2D eigenvalue weighted by atomic mass is 16.6. The van der Waals surface area contributed by atoms with Gasteiger partial charge in [0.2, 0.25) is 5.91 Å². The highest BCUT2D eigenvalue weighted by Crippen LogP contribution is 2.09. The summed E-state index contributed by atoms with van der Waals surface area (Å²) >= 11 is 0. The van der Waals surface area contributed by atoms with E-state index >= 15 is 0 Å². The van der Waals surface area contributed by atoms with Gasteiger partial charge in [0.15, 0.2) is 0 Å². The number of ether oxygens (including phenoxy) is 2. The molecule has 0 heterocycles. The van der Waals surface area contributed by atoms with Crippen molar-refractivity contribution in [3.05, 3.63) is 0 Å². The van der Waals surface area contributed by atoms with Gasteiger partial charge in [-0.2, -0.15) is 0 Å². The number of carbonyl (C=O) groups excluding carboxylic acids is 3. The van der Waals surface area contributed by atoms with Crippen molar-refractivity contribution in [1.29, 1.82) is 0 Å². The number of rotatable bonds is 5. The number of amides is 3. The molecule has 0 aromatic heterocycles. The highest BCUT2D eigenvalue weighted by molar-refractivity contribution is 5.85. The third-order valence-corrected chi connectivity index (χ3v) is 2.67. The Bertz CT molecular complexity index is 489. The molecule has 8 heteroatoms. The summed E-state index contributed by atoms with van der Waals surface area (Å²) in [7, 11) is 0. The van der Waals surface area contributed by atoms with Crippen LogP contribution in [0.15, 0.2) is 0 Å². The fourth-order valence-electron chi connectivity index (χ4n) is 1.64. The molecule has 0 aromatic rings. The Kier molecular flexibility index (Phi) is 7.73. The van der Waals surface area contributed by atoms with Crippen LogP contribution in [0, 0.1) is 0 Å². The molecular formula is C17H33N3O5. The van der Waals surface area contributed by atoms with Crippen molar-refractivity contribution >= 4 is 18.1 Å². The van der Waals surface area contributed by atoms with E-state index in [0.29, 0.717) is 0 Å². The van der Waals surface area contributed by atoms with E-state index in [1.54, 1.807) is 62.3 Å². The van der Waals surface area contributed by atoms with E-state index in [4.69, 9.17) is 9.47 Å². The van der Waals surface area contributed by atoms with E-state index in [1.807, 2.05) is 0 Å². The van der Waals surface area contributed by atoms with Crippen LogP contribution >= 0.6 is 0 Å². The molecule has 1 atom stereocenters. The Morgan fingerprint density at radius 3 is 1.72 bits per heavy atom. The topological polar surface area (TPSA) is 106 Å². The molecule has 25 heavy (non-hydrogen) atoms. The van der Waals surface area contributed by atoms with Gasteiger partial charge in [-0.05, 0) is 62.3 Å². The molecule has 0 aliphatic carbocycles. The fourth-order valence-corrected chi connectivity index (χ4v) is 1.64. The first-order chi connectivity index (χ1) is 11.0. The average Bonchev–Trinajstić information content (AvgIpc) is 2.29. The zero-order valence-corrected chi connectivity index (χ0v) is 16.8. The van der Waals surface area contributed by atoms with Gasteiger partial charge in [-0.3, -0.25) is 4.79 Å². The summed E-state index contributed by atoms with van der Waals surface area (Å²) in [5.74, 6) is -0.384. The molecule has 0 saturated heterocycles. The first-order valence-electron chi connectivity index (χ1n) is 8.29. The lowest BCUT2D eigenvalue weighted by Crippen LogP contribution is -2.55. The summed E-state index contributed by atoms with van der Waals surface area (Å²) in [4.78, 5) is 35.6. The van der Waals surface area contributed by atoms with Crippen molar-refractivity contribution in [3.8, 4) is 0 Å². The lowest BCUT2D eigenvalue weighted by atomic mass is 10.1. The number of carbonyl (C=O) groups is 3. The first kappa shape index (κ1) is 23.0. The van der Waals surface area contributed by atoms with E-state index in [-0.39, 0.29) is 12.5 Å². The molecule has 0 aliphatic rings. The maximum Gasteiger partial charge on any atom is 0.408 e. The molecular weight excluding hydrogens is 326 g/mol. The first-order valence-corrected chi connectivity index (χ1v) is 8.29. The van der Waals surface area contributed by atoms with Gasteiger partial charge in [0, 0.05) is 6.54 Å². The van der Waals surface area contributed by atoms with Gasteiger partial charge in [-0.25, -0.2) is 9.59 Å². The summed E-state index contributed by atoms with van der Waals surface area (Å²) in [6.07, 6.45) is -1.23. The Morgan fingerprint density at radius 2 is 1.28 bits per heavy atom. The quantitative estimate of drug-likeness (QED) is 0.698. The molecule has 146 valence electrons. The van der Waals surface area contributed by atoms with Crippen LogP contribution in [0.1, 0.15) is 62.3 Å². The lowest BCUT2D eigenvalue weighted by Gasteiger charge is -2.29. The number of nitrogens with one attached hydrogen (secondary N) is 3. The fraction of sp³-hybridized carbons (Fsp3) is 0.824. The zero-order valence-electron chi connectivity index (χ0n) is 16.8. The molecule has 0 unspecified atom stereocenters. The summed E-state index contributed by atoms with van der Waals surface area (Å²) in [6, 6.07) is -0.771. The van der Waals surface area contributed by atoms with Crippen LogP contribution in [-0.4, -0.2) is 47.4 Å². The Hall–Kier alpha value is -1.99. The molecule has 8 nitrogen and oxygen atoms in total. The maximum atomic E-state index is 12.1. The summed E-state index contributed by atoms with van der Waals surface area (Å²) in [5, 5.41) is 7.83. The van der Waals surface area contributed by atoms with Gasteiger partial charge in [0.1, 0.15) is 17.2 Å². The largest absolute Gasteiger partial charge is 0.444 e. The monoisotopic (exact) mass is 359 g/mol. The van der Waals surface area contributed by atoms with E-state index < -0.39 is 35.0 Å². The zero-order chi connectivity index (χ0) is 20.1. The van der Waals surface area contributed by atoms with E-state index in [1.165, 1.54) is 0 Å². The molecule has 0 rings (SSSR count). The van der Waals surface area contributed by atoms with Crippen molar-refractivity contribution in [3.63, 3.8) is 0 Å². The van der Waals surface area contributed by atoms with Crippen LogP contribution in [0.25, 0.3) is 0 Å². The van der Waals surface area contributed by atoms with Crippen LogP contribution in [-0.2, 0) is 14.3 Å². The minimum absolute atomic E-state index is 0.172. The molecule has 3 amide bonds. The molecule has 0 spiro atoms. The lowest BCUT2D eigenvalue weighted by molar-refractivity contribution is -0.123. The molecule has 3 N–H and O–H groups in total. The third-order valence-electron chi connectivity index (χ3n) is 2.67. The number of hydrogen-bond acceptors (Lipinski definition) is 5. The summed E-state index contributed by atoms with van der Waals surface area (Å²) in [5.41, 5.74) is -1.96. The van der Waals surface area contributed by atoms with Crippen molar-refractivity contribution in [2.45, 2.75) is 85.1 Å². The van der Waals surface area contributed by atoms with Crippen LogP contribution in [0.3, 0.4) is 0 Å². The predicted octanol–water partition coefficient (Wildman–Crippen LogP) is 2.32. The Balaban J connectivity index is 4.42. The number of alkyl carbamates (subject to hydrolysis) is 2. The maximum absolute atomic E-state index is 12.1. The van der Waals surface area contributed by atoms with E-state index in [9.17, 15) is 14.4 Å². The minimum Gasteiger partial charge on any atom is -0.444 e. The molecule has 0 aliphatic heterocycles. The second-order valence-corrected chi connectivity index (χ2v) is 8.60. The van der Waals surface area contributed by atoms with Gasteiger partial charge in [0.25, 0.3) is 0 Å². The summed E-state index contributed by atoms with van der Waals surface area (Å²) < 4.78 is 10.3. The van der Waals surface area contributed by atoms with Crippen LogP contribution in [0.5, 0.6) is 0 Å². The standard InChI is InChI=1S/C17H33N3O5/c1-11(19-13(22)24-15(2,3)4)12(21)18-10-17(8,9)20-14(23)25-16(5,6)7/h11H,10H2,1-9H3,(H,18,21)(H,19,22)(H,20,23)/t11-/m1/s1. The SMILES string of the molecule is C[C@@H](NC(=O)OC(C)(C)C)C(=O)NCC(C)(C)NC(=O)OC(C)(C)C. The molecule has 0 fully saturated rings. The third kappa shape index (κ3) is 12.1. The molecule has 0 bridgehead atoms. The number of hydrogen-bond donors (Lipinski definition) is 3. The second kappa shape index (κ2) is 8.40. The van der Waals surface area contributed by atoms with Gasteiger partial charge in [-0.15, -0.1) is 0 Å². The van der Waals surface area contributed by atoms with Crippen molar-refractivity contribution in [1.82, 2.24) is 16.0 Å². The average molecular weight is 359 g/mol. The Labute approximate surface area is 150 Å². The highest BCUT2D eigenvalue weighted by Gasteiger charge is 2.26. The van der Waals surface area contributed by atoms with Gasteiger partial charge >= 0.3 is 12.2 Å². The molecule has 0 radical (unpaired) electrons. The minimum atomic E-state index is -0.771. The van der Waals surface area contributed by atoms with Crippen LogP contribution in [0.2, 0.25) is 0 Å². The van der Waals surface area contributed by atoms with Crippen molar-refractivity contribution in [2.75, 3.05) is 6.54 Å². The summed E-state index contributed by atoms with van der Waals surface area (Å²) in [6.45, 7) is 15.7. The van der Waals surface area contributed by atoms with Gasteiger partial charge in [-0.1, -0.05) is 0 Å². The van der Waals surface area contributed by atoms with Crippen molar-refractivity contribution < 1.29 is 23.9 Å². The normalized spacial score (nSPS) is 13.5. The molecule has 0 saturated carbocycles. The van der Waals surface area contributed by atoms with E-state index in [2.05, 4.69) is 16.0 Å². The van der Waals surface area contributed by atoms with Crippen LogP contribution in [0.4, 0.5) is 9.59 Å². The Morgan fingerprint density at radius 1 is 0.840 bits per heavy atom. The van der Waals surface area contributed by atoms with Gasteiger partial charge < -0.3 is 25.4 Å². The van der Waals surface area contributed by atoms with Gasteiger partial charge in [0.05, 0.1) is 5.54 Å². The van der Waals surface area contributed by atoms with E-state index in [0.717, 1.165) is 0 Å². The van der Waals surface area contributed by atoms with Crippen molar-refractivity contribution in [2.24, 2.45) is 0 Å². The smallest absolute Gasteiger partial charge is 0.408 e. The molecule has 0 aromatic carbocycles. The van der Waals surface area contributed by atoms with Crippen LogP contribution < -0.4 is 16.0 Å². The predicted molar refractivity (Wildman–Crippen MR) is 95.3 cm³/mol. The second-order valence-electron chi connectivity index (χ2n) is 8.60.